The lowest BCUT2D eigenvalue weighted by molar-refractivity contribution is 0.0746. The Morgan fingerprint density at radius 1 is 1.16 bits per heavy atom. The van der Waals surface area contributed by atoms with Crippen LogP contribution in [0.1, 0.15) is 16.1 Å². The second kappa shape index (κ2) is 6.33. The van der Waals surface area contributed by atoms with Gasteiger partial charge in [-0.05, 0) is 25.1 Å². The van der Waals surface area contributed by atoms with E-state index in [1.54, 1.807) is 28.8 Å². The van der Waals surface area contributed by atoms with Gasteiger partial charge in [0.2, 0.25) is 0 Å². The predicted octanol–water partition coefficient (Wildman–Crippen LogP) is 2.05. The van der Waals surface area contributed by atoms with Crippen LogP contribution in [0.15, 0.2) is 36.7 Å². The molecule has 128 valence electrons. The third-order valence-electron chi connectivity index (χ3n) is 4.32. The summed E-state index contributed by atoms with van der Waals surface area (Å²) in [7, 11) is 0. The van der Waals surface area contributed by atoms with Crippen LogP contribution in [0.3, 0.4) is 0 Å². The number of nitrogens with zero attached hydrogens (tertiary/aromatic N) is 6. The van der Waals surface area contributed by atoms with Crippen LogP contribution in [-0.2, 0) is 0 Å². The molecule has 1 aliphatic rings. The zero-order chi connectivity index (χ0) is 17.4. The Morgan fingerprint density at radius 2 is 1.96 bits per heavy atom. The molecular formula is C17H17ClN6O. The van der Waals surface area contributed by atoms with Crippen molar-refractivity contribution in [2.24, 2.45) is 0 Å². The highest BCUT2D eigenvalue weighted by Gasteiger charge is 2.24. The Labute approximate surface area is 149 Å². The lowest BCUT2D eigenvalue weighted by Crippen LogP contribution is -2.49. The maximum atomic E-state index is 12.6. The first-order valence-corrected chi connectivity index (χ1v) is 8.47. The van der Waals surface area contributed by atoms with Crippen molar-refractivity contribution in [3.63, 3.8) is 0 Å². The molecule has 1 aromatic carbocycles. The molecule has 1 amide bonds. The molecule has 7 nitrogen and oxygen atoms in total. The summed E-state index contributed by atoms with van der Waals surface area (Å²) < 4.78 is 1.74. The van der Waals surface area contributed by atoms with E-state index in [9.17, 15) is 4.79 Å². The van der Waals surface area contributed by atoms with Crippen LogP contribution >= 0.6 is 11.6 Å². The number of halogens is 1. The molecule has 0 bridgehead atoms. The highest BCUT2D eigenvalue weighted by Crippen LogP contribution is 2.19. The average molecular weight is 357 g/mol. The summed E-state index contributed by atoms with van der Waals surface area (Å²) in [6.07, 6.45) is 1.50. The van der Waals surface area contributed by atoms with E-state index in [2.05, 4.69) is 20.0 Å². The number of fused-ring (bicyclic) bond motifs is 1. The molecule has 0 atom stereocenters. The molecule has 1 fully saturated rings. The summed E-state index contributed by atoms with van der Waals surface area (Å²) in [6, 6.07) is 9.07. The summed E-state index contributed by atoms with van der Waals surface area (Å²) in [6.45, 7) is 4.68. The monoisotopic (exact) mass is 356 g/mol. The van der Waals surface area contributed by atoms with Crippen molar-refractivity contribution in [2.75, 3.05) is 31.1 Å². The SMILES string of the molecule is Cc1cc(N2CCN(C(=O)c3cccc(Cl)c3)CC2)n2ncnc2n1. The first-order chi connectivity index (χ1) is 12.1. The molecule has 8 heteroatoms. The number of hydrogen-bond donors (Lipinski definition) is 0. The number of hydrogen-bond acceptors (Lipinski definition) is 5. The molecule has 0 aliphatic carbocycles. The smallest absolute Gasteiger partial charge is 0.254 e. The summed E-state index contributed by atoms with van der Waals surface area (Å²) in [5.74, 6) is 1.56. The zero-order valence-electron chi connectivity index (χ0n) is 13.8. The Hall–Kier alpha value is -2.67. The maximum absolute atomic E-state index is 12.6. The van der Waals surface area contributed by atoms with E-state index in [0.29, 0.717) is 29.5 Å². The van der Waals surface area contributed by atoms with E-state index in [0.717, 1.165) is 24.6 Å². The third-order valence-corrected chi connectivity index (χ3v) is 4.56. The van der Waals surface area contributed by atoms with Gasteiger partial charge in [0.1, 0.15) is 12.1 Å². The number of carbonyl (C=O) groups is 1. The number of carbonyl (C=O) groups excluding carboxylic acids is 1. The Balaban J connectivity index is 1.51. The minimum Gasteiger partial charge on any atom is -0.353 e. The van der Waals surface area contributed by atoms with Crippen LogP contribution < -0.4 is 4.90 Å². The molecule has 3 heterocycles. The van der Waals surface area contributed by atoms with Crippen molar-refractivity contribution < 1.29 is 4.79 Å². The largest absolute Gasteiger partial charge is 0.353 e. The van der Waals surface area contributed by atoms with E-state index >= 15 is 0 Å². The topological polar surface area (TPSA) is 66.6 Å². The van der Waals surface area contributed by atoms with Crippen molar-refractivity contribution in [1.82, 2.24) is 24.5 Å². The zero-order valence-corrected chi connectivity index (χ0v) is 14.5. The number of benzene rings is 1. The van der Waals surface area contributed by atoms with Crippen LogP contribution in [0.2, 0.25) is 5.02 Å². The highest BCUT2D eigenvalue weighted by molar-refractivity contribution is 6.30. The van der Waals surface area contributed by atoms with Gasteiger partial charge >= 0.3 is 0 Å². The lowest BCUT2D eigenvalue weighted by Gasteiger charge is -2.36. The molecule has 1 aliphatic heterocycles. The van der Waals surface area contributed by atoms with Gasteiger partial charge in [0.25, 0.3) is 11.7 Å². The first-order valence-electron chi connectivity index (χ1n) is 8.09. The average Bonchev–Trinajstić information content (AvgIpc) is 3.09. The van der Waals surface area contributed by atoms with Gasteiger partial charge in [0, 0.05) is 48.5 Å². The molecule has 2 aromatic heterocycles. The van der Waals surface area contributed by atoms with Crippen molar-refractivity contribution in [3.8, 4) is 0 Å². The van der Waals surface area contributed by atoms with Gasteiger partial charge in [0.15, 0.2) is 0 Å². The molecule has 4 rings (SSSR count). The molecule has 0 saturated carbocycles. The summed E-state index contributed by atoms with van der Waals surface area (Å²) in [5, 5.41) is 4.83. The van der Waals surface area contributed by atoms with Gasteiger partial charge in [-0.1, -0.05) is 17.7 Å². The number of rotatable bonds is 2. The van der Waals surface area contributed by atoms with Crippen LogP contribution in [-0.4, -0.2) is 56.6 Å². The minimum atomic E-state index is 0.0129. The van der Waals surface area contributed by atoms with Gasteiger partial charge in [-0.15, -0.1) is 0 Å². The number of aromatic nitrogens is 4. The summed E-state index contributed by atoms with van der Waals surface area (Å²) >= 11 is 5.99. The van der Waals surface area contributed by atoms with Crippen LogP contribution in [0.4, 0.5) is 5.82 Å². The van der Waals surface area contributed by atoms with Crippen LogP contribution in [0, 0.1) is 6.92 Å². The number of anilines is 1. The van der Waals surface area contributed by atoms with Crippen molar-refractivity contribution in [3.05, 3.63) is 52.9 Å². The fraction of sp³-hybridized carbons (Fsp3) is 0.294. The van der Waals surface area contributed by atoms with Gasteiger partial charge in [0.05, 0.1) is 0 Å². The molecule has 0 N–H and O–H groups in total. The molecule has 0 spiro atoms. The second-order valence-electron chi connectivity index (χ2n) is 6.02. The van der Waals surface area contributed by atoms with E-state index in [1.165, 1.54) is 6.33 Å². The van der Waals surface area contributed by atoms with Crippen LogP contribution in [0.25, 0.3) is 5.78 Å². The standard InChI is InChI=1S/C17H17ClN6O/c1-12-9-15(24-17(21-12)19-11-20-24)22-5-7-23(8-6-22)16(25)13-3-2-4-14(18)10-13/h2-4,9-11H,5-8H2,1H3. The first kappa shape index (κ1) is 15.8. The Morgan fingerprint density at radius 3 is 2.72 bits per heavy atom. The second-order valence-corrected chi connectivity index (χ2v) is 6.45. The maximum Gasteiger partial charge on any atom is 0.254 e. The van der Waals surface area contributed by atoms with Crippen molar-refractivity contribution in [2.45, 2.75) is 6.92 Å². The molecule has 0 radical (unpaired) electrons. The van der Waals surface area contributed by atoms with Crippen molar-refractivity contribution >= 4 is 29.1 Å². The summed E-state index contributed by atoms with van der Waals surface area (Å²) in [4.78, 5) is 25.2. The summed E-state index contributed by atoms with van der Waals surface area (Å²) in [5.41, 5.74) is 1.52. The van der Waals surface area contributed by atoms with Gasteiger partial charge in [-0.2, -0.15) is 14.6 Å². The van der Waals surface area contributed by atoms with E-state index < -0.39 is 0 Å². The Bertz CT molecular complexity index is 932. The van der Waals surface area contributed by atoms with Gasteiger partial charge < -0.3 is 9.80 Å². The molecule has 3 aromatic rings. The highest BCUT2D eigenvalue weighted by atomic mass is 35.5. The van der Waals surface area contributed by atoms with E-state index in [-0.39, 0.29) is 5.91 Å². The number of piperazine rings is 1. The van der Waals surface area contributed by atoms with E-state index in [1.807, 2.05) is 17.9 Å². The lowest BCUT2D eigenvalue weighted by atomic mass is 10.2. The third kappa shape index (κ3) is 3.02. The molecule has 1 saturated heterocycles. The normalized spacial score (nSPS) is 15.0. The fourth-order valence-electron chi connectivity index (χ4n) is 3.08. The Kier molecular flexibility index (Phi) is 4.01. The number of amides is 1. The number of aryl methyl sites for hydroxylation is 1. The van der Waals surface area contributed by atoms with E-state index in [4.69, 9.17) is 11.6 Å². The fourth-order valence-corrected chi connectivity index (χ4v) is 3.27. The molecular weight excluding hydrogens is 340 g/mol. The van der Waals surface area contributed by atoms with Gasteiger partial charge in [-0.25, -0.2) is 4.98 Å². The van der Waals surface area contributed by atoms with Crippen molar-refractivity contribution in [1.29, 1.82) is 0 Å². The molecule has 0 unspecified atom stereocenters. The predicted molar refractivity (Wildman–Crippen MR) is 95.1 cm³/mol. The molecule has 25 heavy (non-hydrogen) atoms. The quantitative estimate of drug-likeness (QED) is 0.703. The van der Waals surface area contributed by atoms with Gasteiger partial charge in [-0.3, -0.25) is 4.79 Å². The van der Waals surface area contributed by atoms with Crippen LogP contribution in [0.5, 0.6) is 0 Å². The minimum absolute atomic E-state index is 0.0129.